The minimum Gasteiger partial charge on any atom is -0.497 e. The number of carbonyl (C=O) groups is 5. The second-order valence-corrected chi connectivity index (χ2v) is 25.3. The number of nitrogens with one attached hydrogen (secondary N) is 1. The molecule has 8 atom stereocenters. The highest BCUT2D eigenvalue weighted by molar-refractivity contribution is 7.99. The monoisotopic (exact) mass is 1280 g/mol. The number of halogens is 1. The van der Waals surface area contributed by atoms with Crippen LogP contribution in [-0.2, 0) is 70.3 Å². The van der Waals surface area contributed by atoms with Crippen molar-refractivity contribution in [2.75, 3.05) is 26.7 Å². The zero-order valence-corrected chi connectivity index (χ0v) is 56.4. The summed E-state index contributed by atoms with van der Waals surface area (Å²) >= 11 is 7.46. The van der Waals surface area contributed by atoms with E-state index < -0.39 is 77.9 Å². The first-order chi connectivity index (χ1) is 43.4. The molecule has 15 nitrogen and oxygen atoms in total. The quantitative estimate of drug-likeness (QED) is 0.0244. The van der Waals surface area contributed by atoms with E-state index in [0.29, 0.717) is 30.8 Å². The first-order valence-corrected chi connectivity index (χ1v) is 35.2. The lowest BCUT2D eigenvalue weighted by molar-refractivity contribution is -0.247. The highest BCUT2D eigenvalue weighted by atomic mass is 35.5. The molecule has 1 heterocycles. The van der Waals surface area contributed by atoms with Crippen molar-refractivity contribution in [2.45, 2.75) is 293 Å². The van der Waals surface area contributed by atoms with Crippen LogP contribution in [0.15, 0.2) is 83.8 Å². The van der Waals surface area contributed by atoms with Crippen molar-refractivity contribution in [1.82, 2.24) is 5.32 Å². The predicted molar refractivity (Wildman–Crippen MR) is 353 cm³/mol. The molecule has 0 unspecified atom stereocenters. The summed E-state index contributed by atoms with van der Waals surface area (Å²) in [5.41, 5.74) is 0.858. The van der Waals surface area contributed by atoms with Gasteiger partial charge in [0.05, 0.1) is 46.3 Å². The van der Waals surface area contributed by atoms with E-state index in [2.05, 4.69) is 19.2 Å². The molecule has 3 aromatic rings. The van der Waals surface area contributed by atoms with Crippen LogP contribution >= 0.6 is 23.4 Å². The fourth-order valence-electron chi connectivity index (χ4n) is 11.2. The average Bonchev–Trinajstić information content (AvgIpc) is 1.04. The van der Waals surface area contributed by atoms with Crippen molar-refractivity contribution in [3.63, 3.8) is 0 Å². The summed E-state index contributed by atoms with van der Waals surface area (Å²) in [6.45, 7) is 7.39. The lowest BCUT2D eigenvalue weighted by Crippen LogP contribution is -2.61. The normalized spacial score (nSPS) is 17.4. The molecule has 500 valence electrons. The van der Waals surface area contributed by atoms with Gasteiger partial charge in [-0.05, 0) is 73.7 Å². The molecule has 1 saturated heterocycles. The maximum Gasteiger partial charge on any atom is 0.321 e. The summed E-state index contributed by atoms with van der Waals surface area (Å²) in [4.78, 5) is 67.9. The summed E-state index contributed by atoms with van der Waals surface area (Å²) in [7, 11) is 3.18. The number of rotatable bonds is 51. The van der Waals surface area contributed by atoms with E-state index >= 15 is 0 Å². The lowest BCUT2D eigenvalue weighted by atomic mass is 9.98. The third-order valence-corrected chi connectivity index (χ3v) is 17.7. The maximum absolute atomic E-state index is 13.9. The molecule has 3 aromatic carbocycles. The maximum atomic E-state index is 13.9. The SMILES string of the molecule is CCCCCCCCCCCCCCCCCC(=O)N[C@@H](C)[C@H](OC(C)=O)[C@@H](CCCCCCCCCCCCCC)OC(=O)CCC(=O)OC[C@H]1O[C@@H](Sc2ccccc2)[C@H](OCc2ccc(OC)cc2)[C@@H](OCc2ccc(OC)cc2)[C@@H]1OC(=O)CCl. The van der Waals surface area contributed by atoms with Crippen molar-refractivity contribution in [2.24, 2.45) is 0 Å². The Labute approximate surface area is 543 Å². The number of benzene rings is 3. The van der Waals surface area contributed by atoms with Crippen molar-refractivity contribution in [3.8, 4) is 11.5 Å². The van der Waals surface area contributed by atoms with Crippen molar-refractivity contribution in [1.29, 1.82) is 0 Å². The average molecular weight is 1280 g/mol. The number of alkyl halides is 1. The van der Waals surface area contributed by atoms with Crippen LogP contribution < -0.4 is 14.8 Å². The molecule has 0 bridgehead atoms. The fraction of sp³-hybridized carbons (Fsp3) is 0.681. The largest absolute Gasteiger partial charge is 0.497 e. The van der Waals surface area contributed by atoms with Crippen molar-refractivity contribution < 1.29 is 66.6 Å². The van der Waals surface area contributed by atoms with Gasteiger partial charge < -0.3 is 47.9 Å². The van der Waals surface area contributed by atoms with Crippen LogP contribution in [0.5, 0.6) is 11.5 Å². The molecule has 89 heavy (non-hydrogen) atoms. The van der Waals surface area contributed by atoms with Crippen LogP contribution in [0.3, 0.4) is 0 Å². The van der Waals surface area contributed by atoms with E-state index in [4.69, 9.17) is 54.2 Å². The van der Waals surface area contributed by atoms with Crippen LogP contribution in [0.4, 0.5) is 0 Å². The van der Waals surface area contributed by atoms with Gasteiger partial charge in [-0.3, -0.25) is 24.0 Å². The Kier molecular flexibility index (Phi) is 41.3. The molecule has 1 N–H and O–H groups in total. The third-order valence-electron chi connectivity index (χ3n) is 16.3. The molecule has 4 rings (SSSR count). The number of hydrogen-bond donors (Lipinski definition) is 1. The molecule has 1 aliphatic rings. The van der Waals surface area contributed by atoms with Crippen LogP contribution in [0.2, 0.25) is 0 Å². The fourth-order valence-corrected chi connectivity index (χ4v) is 12.4. The first-order valence-electron chi connectivity index (χ1n) is 33.8. The van der Waals surface area contributed by atoms with Gasteiger partial charge in [0, 0.05) is 18.2 Å². The third kappa shape index (κ3) is 33.3. The number of hydrogen-bond acceptors (Lipinski definition) is 15. The van der Waals surface area contributed by atoms with E-state index in [-0.39, 0.29) is 38.6 Å². The van der Waals surface area contributed by atoms with Gasteiger partial charge in [0.15, 0.2) is 12.2 Å². The standard InChI is InChI=1S/C72H110ClNO14S/c1-7-9-11-13-15-17-19-21-22-23-25-27-29-31-36-40-64(76)74-55(3)68(85-56(4)75)62(39-35-30-28-26-24-20-18-16-14-12-10-8-2)86-66(78)50-49-65(77)82-54-63-69(88-67(79)51-73)70(83-52-57-41-45-59(80-5)46-42-57)71(72(87-63)89-61-37-33-32-34-38-61)84-53-58-43-47-60(81-6)48-44-58/h32-34,37-38,41-48,55,62-63,68-72H,7-31,35-36,39-40,49-54H2,1-6H3,(H,74,76)/t55-,62+,63+,68-,69+,70-,71+,72-/m0/s1. The molecule has 17 heteroatoms. The zero-order valence-electron chi connectivity index (χ0n) is 54.9. The molecule has 0 aliphatic carbocycles. The van der Waals surface area contributed by atoms with Gasteiger partial charge in [0.25, 0.3) is 0 Å². The Bertz CT molecular complexity index is 2350. The summed E-state index contributed by atoms with van der Waals surface area (Å²) in [6.07, 6.45) is 26.3. The Balaban J connectivity index is 1.43. The molecule has 0 aromatic heterocycles. The van der Waals surface area contributed by atoms with E-state index in [1.165, 1.54) is 141 Å². The molecule has 0 radical (unpaired) electrons. The summed E-state index contributed by atoms with van der Waals surface area (Å²) < 4.78 is 54.9. The Hall–Kier alpha value is -4.87. The highest BCUT2D eigenvalue weighted by Gasteiger charge is 2.50. The molecule has 1 amide bonds. The molecule has 1 fully saturated rings. The van der Waals surface area contributed by atoms with Crippen molar-refractivity contribution >= 4 is 53.1 Å². The van der Waals surface area contributed by atoms with Gasteiger partial charge in [0.1, 0.15) is 53.8 Å². The van der Waals surface area contributed by atoms with E-state index in [1.54, 1.807) is 21.1 Å². The second-order valence-electron chi connectivity index (χ2n) is 23.8. The summed E-state index contributed by atoms with van der Waals surface area (Å²) in [5.74, 6) is -2.01. The topological polar surface area (TPSA) is 180 Å². The number of ether oxygens (including phenoxy) is 9. The number of methoxy groups -OCH3 is 2. The van der Waals surface area contributed by atoms with Crippen LogP contribution in [0.1, 0.15) is 238 Å². The number of esters is 4. The van der Waals surface area contributed by atoms with E-state index in [0.717, 1.165) is 61.0 Å². The van der Waals surface area contributed by atoms with Gasteiger partial charge in [-0.2, -0.15) is 0 Å². The Morgan fingerprint density at radius 1 is 0.539 bits per heavy atom. The van der Waals surface area contributed by atoms with Gasteiger partial charge in [-0.25, -0.2) is 0 Å². The van der Waals surface area contributed by atoms with Crippen LogP contribution in [0, 0.1) is 0 Å². The molecule has 0 saturated carbocycles. The zero-order chi connectivity index (χ0) is 64.1. The van der Waals surface area contributed by atoms with Crippen LogP contribution in [-0.4, -0.2) is 105 Å². The van der Waals surface area contributed by atoms with Gasteiger partial charge in [-0.15, -0.1) is 11.6 Å². The molecule has 1 aliphatic heterocycles. The number of unbranched alkanes of at least 4 members (excludes halogenated alkanes) is 25. The Morgan fingerprint density at radius 2 is 1.00 bits per heavy atom. The second kappa shape index (κ2) is 48.0. The van der Waals surface area contributed by atoms with Gasteiger partial charge in [-0.1, -0.05) is 229 Å². The summed E-state index contributed by atoms with van der Waals surface area (Å²) in [5, 5.41) is 3.05. The van der Waals surface area contributed by atoms with Gasteiger partial charge in [0.2, 0.25) is 5.91 Å². The van der Waals surface area contributed by atoms with E-state index in [9.17, 15) is 24.0 Å². The summed E-state index contributed by atoms with van der Waals surface area (Å²) in [6, 6.07) is 23.7. The van der Waals surface area contributed by atoms with Crippen molar-refractivity contribution in [3.05, 3.63) is 90.0 Å². The molecular weight excluding hydrogens is 1170 g/mol. The van der Waals surface area contributed by atoms with Gasteiger partial charge >= 0.3 is 23.9 Å². The highest BCUT2D eigenvalue weighted by Crippen LogP contribution is 2.38. The minimum atomic E-state index is -1.18. The Morgan fingerprint density at radius 3 is 1.47 bits per heavy atom. The number of carbonyl (C=O) groups excluding carboxylic acids is 5. The minimum absolute atomic E-state index is 0.0760. The van der Waals surface area contributed by atoms with E-state index in [1.807, 2.05) is 78.9 Å². The lowest BCUT2D eigenvalue weighted by Gasteiger charge is -2.45. The molecular formula is C72H110ClNO14S. The predicted octanol–water partition coefficient (Wildman–Crippen LogP) is 16.9. The smallest absolute Gasteiger partial charge is 0.321 e. The first kappa shape index (κ1) is 76.6. The number of amides is 1. The molecule has 0 spiro atoms. The number of thioether (sulfide) groups is 1. The van der Waals surface area contributed by atoms with Crippen LogP contribution in [0.25, 0.3) is 0 Å².